The fourth-order valence-corrected chi connectivity index (χ4v) is 4.52. The Balaban J connectivity index is 3.42. The molecule has 0 saturated carbocycles. The van der Waals surface area contributed by atoms with Gasteiger partial charge in [-0.15, -0.1) is 0 Å². The maximum atomic E-state index is 13.8. The van der Waals surface area contributed by atoms with E-state index < -0.39 is 116 Å². The van der Waals surface area contributed by atoms with E-state index in [0.29, 0.717) is 5.56 Å². The number of carboxylic acids is 2. The molecule has 1 aromatic rings. The Hall–Kier alpha value is -6.07. The zero-order valence-electron chi connectivity index (χ0n) is 29.3. The maximum Gasteiger partial charge on any atom is 0.328 e. The van der Waals surface area contributed by atoms with E-state index in [1.165, 1.54) is 31.2 Å². The molecule has 54 heavy (non-hydrogen) atoms. The van der Waals surface area contributed by atoms with E-state index in [2.05, 4.69) is 31.6 Å². The van der Waals surface area contributed by atoms with E-state index >= 15 is 0 Å². The van der Waals surface area contributed by atoms with Crippen LogP contribution >= 0.6 is 0 Å². The summed E-state index contributed by atoms with van der Waals surface area (Å²) in [6, 6.07) is -3.83. The van der Waals surface area contributed by atoms with Crippen LogP contribution in [0.2, 0.25) is 0 Å². The minimum atomic E-state index is -1.79. The van der Waals surface area contributed by atoms with Gasteiger partial charge in [0.25, 0.3) is 0 Å². The zero-order valence-corrected chi connectivity index (χ0v) is 29.3. The molecule has 0 heterocycles. The first-order valence-corrected chi connectivity index (χ1v) is 16.4. The van der Waals surface area contributed by atoms with Crippen molar-refractivity contribution in [3.8, 4) is 5.75 Å². The van der Waals surface area contributed by atoms with Gasteiger partial charge >= 0.3 is 11.9 Å². The highest BCUT2D eigenvalue weighted by atomic mass is 16.4. The minimum Gasteiger partial charge on any atom is -0.508 e. The summed E-state index contributed by atoms with van der Waals surface area (Å²) in [4.78, 5) is 104. The molecule has 1 aromatic carbocycles. The van der Waals surface area contributed by atoms with Gasteiger partial charge < -0.3 is 74.6 Å². The Morgan fingerprint density at radius 1 is 0.685 bits per heavy atom. The largest absolute Gasteiger partial charge is 0.508 e. The molecule has 6 amide bonds. The number of phenolic OH excluding ortho intramolecular Hbond substituents is 1. The number of nitrogens with zero attached hydrogens (tertiary/aromatic N) is 1. The molecule has 0 bridgehead atoms. The molecular weight excluding hydrogens is 720 g/mol. The van der Waals surface area contributed by atoms with E-state index in [-0.39, 0.29) is 37.5 Å². The van der Waals surface area contributed by atoms with Crippen LogP contribution in [0.25, 0.3) is 0 Å². The van der Waals surface area contributed by atoms with Crippen LogP contribution in [-0.4, -0.2) is 141 Å². The number of aliphatic carboxylic acids is 2. The average Bonchev–Trinajstić information content (AvgIpc) is 3.11. The number of phenols is 1. The molecule has 6 atom stereocenters. The molecule has 23 heteroatoms. The van der Waals surface area contributed by atoms with E-state index in [0.717, 1.165) is 0 Å². The van der Waals surface area contributed by atoms with Gasteiger partial charge in [0.15, 0.2) is 5.96 Å². The Morgan fingerprint density at radius 2 is 1.17 bits per heavy atom. The molecule has 0 spiro atoms. The van der Waals surface area contributed by atoms with E-state index in [1.54, 1.807) is 0 Å². The number of aliphatic hydroxyl groups excluding tert-OH is 2. The van der Waals surface area contributed by atoms with Crippen molar-refractivity contribution in [3.05, 3.63) is 29.8 Å². The van der Waals surface area contributed by atoms with Crippen LogP contribution < -0.4 is 49.1 Å². The number of guanidine groups is 1. The van der Waals surface area contributed by atoms with Gasteiger partial charge in [-0.05, 0) is 43.9 Å². The number of rotatable bonds is 24. The molecular formula is C31H48N10O13. The third-order valence-electron chi connectivity index (χ3n) is 7.44. The van der Waals surface area contributed by atoms with Crippen LogP contribution in [0.1, 0.15) is 38.2 Å². The summed E-state index contributed by atoms with van der Waals surface area (Å²) in [6.45, 7) is -1.13. The molecule has 0 aromatic heterocycles. The first kappa shape index (κ1) is 46.0. The van der Waals surface area contributed by atoms with Gasteiger partial charge in [-0.2, -0.15) is 0 Å². The maximum absolute atomic E-state index is 13.8. The highest BCUT2D eigenvalue weighted by molar-refractivity contribution is 5.97. The Kier molecular flexibility index (Phi) is 20.0. The molecule has 17 N–H and O–H groups in total. The van der Waals surface area contributed by atoms with E-state index in [1.807, 2.05) is 5.32 Å². The van der Waals surface area contributed by atoms with Crippen molar-refractivity contribution in [1.29, 1.82) is 0 Å². The number of carbonyl (C=O) groups excluding carboxylic acids is 6. The van der Waals surface area contributed by atoms with Gasteiger partial charge in [0.2, 0.25) is 35.4 Å². The Bertz CT molecular complexity index is 1500. The quantitative estimate of drug-likeness (QED) is 0.0264. The summed E-state index contributed by atoms with van der Waals surface area (Å²) < 4.78 is 0. The summed E-state index contributed by atoms with van der Waals surface area (Å²) in [5, 5.41) is 61.0. The lowest BCUT2D eigenvalue weighted by molar-refractivity contribution is -0.144. The predicted molar refractivity (Wildman–Crippen MR) is 187 cm³/mol. The van der Waals surface area contributed by atoms with Crippen molar-refractivity contribution in [2.75, 3.05) is 26.3 Å². The first-order valence-electron chi connectivity index (χ1n) is 16.4. The smallest absolute Gasteiger partial charge is 0.328 e. The number of benzene rings is 1. The van der Waals surface area contributed by atoms with Gasteiger partial charge in [-0.25, -0.2) is 4.79 Å². The number of hydrogen-bond donors (Lipinski definition) is 14. The van der Waals surface area contributed by atoms with Gasteiger partial charge in [-0.3, -0.25) is 38.6 Å². The fraction of sp³-hybridized carbons (Fsp3) is 0.516. The van der Waals surface area contributed by atoms with Crippen molar-refractivity contribution < 1.29 is 63.9 Å². The molecule has 0 aliphatic heterocycles. The van der Waals surface area contributed by atoms with Crippen LogP contribution in [0.15, 0.2) is 29.3 Å². The molecule has 23 nitrogen and oxygen atoms in total. The lowest BCUT2D eigenvalue weighted by Gasteiger charge is -2.27. The highest BCUT2D eigenvalue weighted by Gasteiger charge is 2.33. The second kappa shape index (κ2) is 23.5. The van der Waals surface area contributed by atoms with Gasteiger partial charge in [0, 0.05) is 19.4 Å². The number of aliphatic imine (C=N–C) groups is 1. The fourth-order valence-electron chi connectivity index (χ4n) is 4.52. The number of amides is 6. The molecule has 0 radical (unpaired) electrons. The number of nitrogens with one attached hydrogen (secondary N) is 6. The monoisotopic (exact) mass is 768 g/mol. The third-order valence-corrected chi connectivity index (χ3v) is 7.44. The van der Waals surface area contributed by atoms with Crippen LogP contribution in [0.4, 0.5) is 0 Å². The van der Waals surface area contributed by atoms with E-state index in [9.17, 15) is 63.9 Å². The van der Waals surface area contributed by atoms with Crippen molar-refractivity contribution in [1.82, 2.24) is 31.9 Å². The Morgan fingerprint density at radius 3 is 1.67 bits per heavy atom. The number of carbonyl (C=O) groups is 8. The molecule has 300 valence electrons. The number of nitrogens with two attached hydrogens (primary N) is 3. The van der Waals surface area contributed by atoms with Crippen LogP contribution in [-0.2, 0) is 44.8 Å². The SMILES string of the molecule is C[C@H](NC(=O)CN)C(=O)N[C@@H](CO)C(=O)N[C@@H](Cc1ccc(O)cc1)C(=O)N[C@@H](CCCN=C(N)N)C(=O)N[C@@H](CCC(=O)O)C(=O)N[C@@H](CO)C(=O)O. The van der Waals surface area contributed by atoms with Crippen molar-refractivity contribution in [2.24, 2.45) is 22.2 Å². The molecule has 1 rings (SSSR count). The predicted octanol–water partition coefficient (Wildman–Crippen LogP) is -6.19. The number of hydrogen-bond acceptors (Lipinski definition) is 13. The summed E-state index contributed by atoms with van der Waals surface area (Å²) in [5.41, 5.74) is 16.4. The summed E-state index contributed by atoms with van der Waals surface area (Å²) in [5.74, 6) is -9.16. The van der Waals surface area contributed by atoms with Gasteiger partial charge in [0.05, 0.1) is 19.8 Å². The number of carboxylic acid groups (broad SMARTS) is 2. The van der Waals surface area contributed by atoms with Crippen LogP contribution in [0.5, 0.6) is 5.75 Å². The minimum absolute atomic E-state index is 0.0303. The first-order chi connectivity index (χ1) is 25.4. The summed E-state index contributed by atoms with van der Waals surface area (Å²) in [6.07, 6.45) is -1.59. The van der Waals surface area contributed by atoms with E-state index in [4.69, 9.17) is 17.2 Å². The van der Waals surface area contributed by atoms with Crippen molar-refractivity contribution in [3.63, 3.8) is 0 Å². The molecule has 0 aliphatic carbocycles. The van der Waals surface area contributed by atoms with Gasteiger partial charge in [-0.1, -0.05) is 12.1 Å². The molecule has 0 aliphatic rings. The topological polar surface area (TPSA) is 400 Å². The third kappa shape index (κ3) is 17.0. The summed E-state index contributed by atoms with van der Waals surface area (Å²) >= 11 is 0. The lowest BCUT2D eigenvalue weighted by atomic mass is 10.0. The average molecular weight is 769 g/mol. The standard InChI is InChI=1S/C31H48N10O13/c1-15(36-23(45)12-32)25(48)40-21(13-42)29(52)39-20(11-16-4-6-17(44)7-5-16)28(51)37-18(3-2-10-35-31(33)34)26(49)38-19(8-9-24(46)47)27(50)41-22(14-43)30(53)54/h4-7,15,18-22,42-44H,2-3,8-14,32H2,1H3,(H,36,45)(H,37,51)(H,38,49)(H,39,52)(H,40,48)(H,41,50)(H,46,47)(H,53,54)(H4,33,34,35)/t15-,18-,19-,20-,21-,22-/m0/s1. The molecule has 0 unspecified atom stereocenters. The zero-order chi connectivity index (χ0) is 41.0. The second-order valence-corrected chi connectivity index (χ2v) is 11.8. The Labute approximate surface area is 308 Å². The normalized spacial score (nSPS) is 14.0. The summed E-state index contributed by atoms with van der Waals surface area (Å²) in [7, 11) is 0. The van der Waals surface area contributed by atoms with Crippen molar-refractivity contribution in [2.45, 2.75) is 75.3 Å². The lowest BCUT2D eigenvalue weighted by Crippen LogP contribution is -2.60. The molecule has 0 saturated heterocycles. The number of aromatic hydroxyl groups is 1. The van der Waals surface area contributed by atoms with Crippen LogP contribution in [0.3, 0.4) is 0 Å². The molecule has 0 fully saturated rings. The second-order valence-electron chi connectivity index (χ2n) is 11.8. The number of aliphatic hydroxyl groups is 2. The van der Waals surface area contributed by atoms with Crippen LogP contribution in [0, 0.1) is 0 Å². The highest BCUT2D eigenvalue weighted by Crippen LogP contribution is 2.12. The van der Waals surface area contributed by atoms with Gasteiger partial charge in [0.1, 0.15) is 42.0 Å². The van der Waals surface area contributed by atoms with Crippen molar-refractivity contribution >= 4 is 53.3 Å².